The lowest BCUT2D eigenvalue weighted by molar-refractivity contribution is -0.121. The van der Waals surface area contributed by atoms with Gasteiger partial charge in [0, 0.05) is 45.2 Å². The molecule has 2 aliphatic rings. The summed E-state index contributed by atoms with van der Waals surface area (Å²) < 4.78 is 0. The molecule has 19 heavy (non-hydrogen) atoms. The smallest absolute Gasteiger partial charge is 0.221 e. The van der Waals surface area contributed by atoms with E-state index in [1.54, 1.807) is 0 Å². The predicted molar refractivity (Wildman–Crippen MR) is 73.5 cm³/mol. The second-order valence-electron chi connectivity index (χ2n) is 6.09. The van der Waals surface area contributed by atoms with E-state index in [0.717, 1.165) is 45.6 Å². The Morgan fingerprint density at radius 3 is 2.47 bits per heavy atom. The van der Waals surface area contributed by atoms with E-state index in [0.29, 0.717) is 12.5 Å². The third kappa shape index (κ3) is 4.19. The van der Waals surface area contributed by atoms with Crippen LogP contribution in [-0.4, -0.2) is 60.0 Å². The number of hydrogen-bond donors (Lipinski definition) is 1. The topological polar surface area (TPSA) is 59.4 Å². The Kier molecular flexibility index (Phi) is 4.43. The molecule has 0 unspecified atom stereocenters. The van der Waals surface area contributed by atoms with E-state index in [9.17, 15) is 4.79 Å². The zero-order chi connectivity index (χ0) is 13.9. The van der Waals surface area contributed by atoms with Crippen molar-refractivity contribution in [2.45, 2.75) is 44.7 Å². The molecule has 0 bridgehead atoms. The summed E-state index contributed by atoms with van der Waals surface area (Å²) in [5.41, 5.74) is -0.380. The van der Waals surface area contributed by atoms with Crippen LogP contribution in [0.2, 0.25) is 0 Å². The van der Waals surface area contributed by atoms with E-state index in [1.807, 2.05) is 13.8 Å². The Morgan fingerprint density at radius 2 is 1.95 bits per heavy atom. The maximum absolute atomic E-state index is 11.6. The maximum atomic E-state index is 11.6. The van der Waals surface area contributed by atoms with Gasteiger partial charge in [-0.15, -0.1) is 0 Å². The van der Waals surface area contributed by atoms with Gasteiger partial charge in [0.05, 0.1) is 6.07 Å². The summed E-state index contributed by atoms with van der Waals surface area (Å²) in [6, 6.07) is 2.81. The lowest BCUT2D eigenvalue weighted by atomic mass is 10.0. The zero-order valence-corrected chi connectivity index (χ0v) is 12.0. The number of carbonyl (C=O) groups excluding carboxylic acids is 1. The number of rotatable bonds is 5. The second-order valence-corrected chi connectivity index (χ2v) is 6.09. The minimum atomic E-state index is -0.380. The van der Waals surface area contributed by atoms with Gasteiger partial charge in [0.15, 0.2) is 0 Å². The molecule has 1 amide bonds. The summed E-state index contributed by atoms with van der Waals surface area (Å²) in [6.07, 6.45) is 2.89. The molecule has 1 N–H and O–H groups in total. The summed E-state index contributed by atoms with van der Waals surface area (Å²) in [4.78, 5) is 16.1. The lowest BCUT2D eigenvalue weighted by Gasteiger charge is -2.40. The Labute approximate surface area is 115 Å². The van der Waals surface area contributed by atoms with Crippen LogP contribution in [0.3, 0.4) is 0 Å². The van der Waals surface area contributed by atoms with Gasteiger partial charge in [0.25, 0.3) is 0 Å². The van der Waals surface area contributed by atoms with Crippen molar-refractivity contribution < 1.29 is 4.79 Å². The summed E-state index contributed by atoms with van der Waals surface area (Å²) >= 11 is 0. The molecule has 0 aromatic rings. The minimum Gasteiger partial charge on any atom is -0.353 e. The predicted octanol–water partition coefficient (Wildman–Crippen LogP) is 0.575. The Balaban J connectivity index is 1.66. The number of nitrogens with zero attached hydrogens (tertiary/aromatic N) is 3. The molecule has 1 aliphatic carbocycles. The van der Waals surface area contributed by atoms with Gasteiger partial charge < -0.3 is 10.2 Å². The first kappa shape index (κ1) is 14.3. The van der Waals surface area contributed by atoms with Gasteiger partial charge in [0.1, 0.15) is 5.54 Å². The molecule has 0 radical (unpaired) electrons. The molecule has 106 valence electrons. The third-order valence-corrected chi connectivity index (χ3v) is 4.03. The zero-order valence-electron chi connectivity index (χ0n) is 12.0. The molecule has 1 saturated heterocycles. The molecular weight excluding hydrogens is 240 g/mol. The van der Waals surface area contributed by atoms with Crippen molar-refractivity contribution in [3.63, 3.8) is 0 Å². The highest BCUT2D eigenvalue weighted by atomic mass is 16.1. The van der Waals surface area contributed by atoms with Crippen LogP contribution in [0.1, 0.15) is 33.1 Å². The van der Waals surface area contributed by atoms with Crippen molar-refractivity contribution in [1.29, 1.82) is 5.26 Å². The Morgan fingerprint density at radius 1 is 1.32 bits per heavy atom. The lowest BCUT2D eigenvalue weighted by Crippen LogP contribution is -2.54. The minimum absolute atomic E-state index is 0.183. The van der Waals surface area contributed by atoms with Gasteiger partial charge in [-0.05, 0) is 26.7 Å². The fourth-order valence-electron chi connectivity index (χ4n) is 2.39. The summed E-state index contributed by atoms with van der Waals surface area (Å²) in [6.45, 7) is 8.47. The standard InChI is InChI=1S/C14H24N4O/c1-14(2,11-15)18-9-7-17(8-10-18)6-5-13(19)16-12-3-4-12/h12H,3-10H2,1-2H3,(H,16,19). The van der Waals surface area contributed by atoms with Crippen LogP contribution in [-0.2, 0) is 4.79 Å². The highest BCUT2D eigenvalue weighted by Gasteiger charge is 2.30. The quantitative estimate of drug-likeness (QED) is 0.789. The summed E-state index contributed by atoms with van der Waals surface area (Å²) in [5, 5.41) is 12.1. The van der Waals surface area contributed by atoms with E-state index in [1.165, 1.54) is 0 Å². The highest BCUT2D eigenvalue weighted by Crippen LogP contribution is 2.19. The van der Waals surface area contributed by atoms with Crippen LogP contribution in [0, 0.1) is 11.3 Å². The van der Waals surface area contributed by atoms with Gasteiger partial charge >= 0.3 is 0 Å². The summed E-state index contributed by atoms with van der Waals surface area (Å²) in [7, 11) is 0. The van der Waals surface area contributed by atoms with E-state index in [4.69, 9.17) is 5.26 Å². The van der Waals surface area contributed by atoms with Crippen LogP contribution in [0.5, 0.6) is 0 Å². The number of piperazine rings is 1. The molecule has 1 aliphatic heterocycles. The van der Waals surface area contributed by atoms with Crippen LogP contribution in [0.4, 0.5) is 0 Å². The largest absolute Gasteiger partial charge is 0.353 e. The van der Waals surface area contributed by atoms with E-state index in [-0.39, 0.29) is 11.4 Å². The van der Waals surface area contributed by atoms with Crippen molar-refractivity contribution in [2.75, 3.05) is 32.7 Å². The number of nitrogens with one attached hydrogen (secondary N) is 1. The fraction of sp³-hybridized carbons (Fsp3) is 0.857. The molecule has 0 aromatic carbocycles. The first-order valence-corrected chi connectivity index (χ1v) is 7.19. The Hall–Kier alpha value is -1.12. The molecule has 0 atom stereocenters. The fourth-order valence-corrected chi connectivity index (χ4v) is 2.39. The number of carbonyl (C=O) groups is 1. The average molecular weight is 264 g/mol. The normalized spacial score (nSPS) is 21.9. The SMILES string of the molecule is CC(C)(C#N)N1CCN(CCC(=O)NC2CC2)CC1. The molecule has 0 spiro atoms. The number of amides is 1. The molecule has 2 rings (SSSR count). The molecule has 1 saturated carbocycles. The van der Waals surface area contributed by atoms with Gasteiger partial charge in [0.2, 0.25) is 5.91 Å². The van der Waals surface area contributed by atoms with Crippen molar-refractivity contribution >= 4 is 5.91 Å². The highest BCUT2D eigenvalue weighted by molar-refractivity contribution is 5.76. The number of nitriles is 1. The van der Waals surface area contributed by atoms with Gasteiger partial charge in [-0.25, -0.2) is 0 Å². The van der Waals surface area contributed by atoms with Gasteiger partial charge in [-0.1, -0.05) is 0 Å². The molecule has 2 fully saturated rings. The molecule has 5 nitrogen and oxygen atoms in total. The van der Waals surface area contributed by atoms with Gasteiger partial charge in [-0.2, -0.15) is 5.26 Å². The van der Waals surface area contributed by atoms with Crippen molar-refractivity contribution in [1.82, 2.24) is 15.1 Å². The van der Waals surface area contributed by atoms with Crippen LogP contribution < -0.4 is 5.32 Å². The van der Waals surface area contributed by atoms with Crippen molar-refractivity contribution in [2.24, 2.45) is 0 Å². The van der Waals surface area contributed by atoms with Crippen LogP contribution in [0.15, 0.2) is 0 Å². The summed E-state index contributed by atoms with van der Waals surface area (Å²) in [5.74, 6) is 0.183. The van der Waals surface area contributed by atoms with E-state index < -0.39 is 0 Å². The number of hydrogen-bond acceptors (Lipinski definition) is 4. The molecule has 1 heterocycles. The molecular formula is C14H24N4O. The van der Waals surface area contributed by atoms with Crippen LogP contribution in [0.25, 0.3) is 0 Å². The maximum Gasteiger partial charge on any atom is 0.221 e. The van der Waals surface area contributed by atoms with Gasteiger partial charge in [-0.3, -0.25) is 9.69 Å². The van der Waals surface area contributed by atoms with E-state index >= 15 is 0 Å². The first-order chi connectivity index (χ1) is 9.01. The monoisotopic (exact) mass is 264 g/mol. The average Bonchev–Trinajstić information content (AvgIpc) is 3.21. The van der Waals surface area contributed by atoms with Crippen molar-refractivity contribution in [3.8, 4) is 6.07 Å². The van der Waals surface area contributed by atoms with E-state index in [2.05, 4.69) is 21.2 Å². The molecule has 5 heteroatoms. The first-order valence-electron chi connectivity index (χ1n) is 7.19. The second kappa shape index (κ2) is 5.89. The van der Waals surface area contributed by atoms with Crippen LogP contribution >= 0.6 is 0 Å². The molecule has 0 aromatic heterocycles. The third-order valence-electron chi connectivity index (χ3n) is 4.03. The van der Waals surface area contributed by atoms with Crippen molar-refractivity contribution in [3.05, 3.63) is 0 Å². The Bertz CT molecular complexity index is 362.